The van der Waals surface area contributed by atoms with E-state index < -0.39 is 0 Å². The first-order valence-corrected chi connectivity index (χ1v) is 8.59. The SMILES string of the molecule is CNc1ncccc1C(=O)N1C[C@@H]2CNC[C@@H]2[C@H]1c1cccc(F)c1.Cl.Cl. The molecule has 0 spiro atoms. The summed E-state index contributed by atoms with van der Waals surface area (Å²) in [7, 11) is 1.76. The Kier molecular flexibility index (Phi) is 7.03. The van der Waals surface area contributed by atoms with Gasteiger partial charge in [0.15, 0.2) is 0 Å². The number of aromatic nitrogens is 1. The lowest BCUT2D eigenvalue weighted by Crippen LogP contribution is -2.35. The number of benzene rings is 1. The molecule has 4 rings (SSSR count). The van der Waals surface area contributed by atoms with Crippen LogP contribution in [0.25, 0.3) is 0 Å². The number of rotatable bonds is 3. The van der Waals surface area contributed by atoms with Gasteiger partial charge in [-0.15, -0.1) is 24.8 Å². The fraction of sp³-hybridized carbons (Fsp3) is 0.368. The quantitative estimate of drug-likeness (QED) is 0.812. The highest BCUT2D eigenvalue weighted by molar-refractivity contribution is 5.99. The van der Waals surface area contributed by atoms with E-state index in [1.165, 1.54) is 6.07 Å². The molecule has 146 valence electrons. The normalized spacial score (nSPS) is 23.2. The smallest absolute Gasteiger partial charge is 0.258 e. The molecule has 8 heteroatoms. The molecule has 0 aliphatic carbocycles. The van der Waals surface area contributed by atoms with Gasteiger partial charge >= 0.3 is 0 Å². The first kappa shape index (κ1) is 21.4. The summed E-state index contributed by atoms with van der Waals surface area (Å²) in [6.45, 7) is 2.42. The van der Waals surface area contributed by atoms with Crippen molar-refractivity contribution in [2.45, 2.75) is 6.04 Å². The highest BCUT2D eigenvalue weighted by Gasteiger charge is 2.47. The molecule has 2 saturated heterocycles. The lowest BCUT2D eigenvalue weighted by atomic mass is 9.89. The average molecular weight is 413 g/mol. The van der Waals surface area contributed by atoms with Crippen LogP contribution in [0.3, 0.4) is 0 Å². The van der Waals surface area contributed by atoms with Gasteiger partial charge in [-0.3, -0.25) is 4.79 Å². The number of pyridine rings is 1. The van der Waals surface area contributed by atoms with Crippen molar-refractivity contribution in [1.29, 1.82) is 0 Å². The zero-order valence-corrected chi connectivity index (χ0v) is 16.5. The van der Waals surface area contributed by atoms with E-state index in [9.17, 15) is 9.18 Å². The lowest BCUT2D eigenvalue weighted by Gasteiger charge is -2.29. The number of halogens is 3. The van der Waals surface area contributed by atoms with Crippen LogP contribution in [0, 0.1) is 17.7 Å². The van der Waals surface area contributed by atoms with E-state index in [0.29, 0.717) is 29.8 Å². The summed E-state index contributed by atoms with van der Waals surface area (Å²) in [6.07, 6.45) is 1.66. The monoisotopic (exact) mass is 412 g/mol. The largest absolute Gasteiger partial charge is 0.372 e. The summed E-state index contributed by atoms with van der Waals surface area (Å²) >= 11 is 0. The molecule has 1 aromatic heterocycles. The van der Waals surface area contributed by atoms with E-state index in [-0.39, 0.29) is 42.6 Å². The number of hydrogen-bond donors (Lipinski definition) is 2. The number of anilines is 1. The maximum Gasteiger partial charge on any atom is 0.258 e. The van der Waals surface area contributed by atoms with Gasteiger partial charge in [-0.05, 0) is 35.7 Å². The summed E-state index contributed by atoms with van der Waals surface area (Å²) in [5.74, 6) is 0.950. The third kappa shape index (κ3) is 3.88. The minimum atomic E-state index is -0.267. The minimum absolute atomic E-state index is 0. The number of hydrogen-bond acceptors (Lipinski definition) is 4. The van der Waals surface area contributed by atoms with E-state index >= 15 is 0 Å². The van der Waals surface area contributed by atoms with Crippen molar-refractivity contribution in [3.63, 3.8) is 0 Å². The minimum Gasteiger partial charge on any atom is -0.372 e. The van der Waals surface area contributed by atoms with Gasteiger partial charge in [-0.2, -0.15) is 0 Å². The molecule has 0 bridgehead atoms. The topological polar surface area (TPSA) is 57.3 Å². The van der Waals surface area contributed by atoms with Crippen molar-refractivity contribution in [1.82, 2.24) is 15.2 Å². The fourth-order valence-electron chi connectivity index (χ4n) is 4.18. The molecule has 5 nitrogen and oxygen atoms in total. The van der Waals surface area contributed by atoms with Crippen LogP contribution >= 0.6 is 24.8 Å². The van der Waals surface area contributed by atoms with Gasteiger partial charge in [0.05, 0.1) is 11.6 Å². The molecule has 3 atom stereocenters. The molecular weight excluding hydrogens is 390 g/mol. The van der Waals surface area contributed by atoms with E-state index in [4.69, 9.17) is 0 Å². The van der Waals surface area contributed by atoms with Gasteiger partial charge in [-0.1, -0.05) is 12.1 Å². The average Bonchev–Trinajstić information content (AvgIpc) is 3.22. The molecule has 1 amide bonds. The second-order valence-corrected chi connectivity index (χ2v) is 6.69. The van der Waals surface area contributed by atoms with Crippen LogP contribution in [0.4, 0.5) is 10.2 Å². The maximum absolute atomic E-state index is 13.8. The van der Waals surface area contributed by atoms with Gasteiger partial charge in [0.1, 0.15) is 11.6 Å². The Morgan fingerprint density at radius 3 is 2.81 bits per heavy atom. The molecule has 2 aliphatic rings. The number of carbonyl (C=O) groups is 1. The van der Waals surface area contributed by atoms with Crippen LogP contribution in [-0.4, -0.2) is 42.5 Å². The Hall–Kier alpha value is -1.89. The second kappa shape index (κ2) is 8.87. The number of likely N-dealkylation sites (tertiary alicyclic amines) is 1. The van der Waals surface area contributed by atoms with Gasteiger partial charge in [-0.25, -0.2) is 9.37 Å². The number of carbonyl (C=O) groups excluding carboxylic acids is 1. The highest BCUT2D eigenvalue weighted by Crippen LogP contribution is 2.43. The van der Waals surface area contributed by atoms with E-state index in [1.54, 1.807) is 37.5 Å². The molecule has 3 heterocycles. The Bertz CT molecular complexity index is 807. The molecule has 0 saturated carbocycles. The van der Waals surface area contributed by atoms with Gasteiger partial charge < -0.3 is 15.5 Å². The maximum atomic E-state index is 13.8. The van der Waals surface area contributed by atoms with Gasteiger partial charge in [0.2, 0.25) is 0 Å². The summed E-state index contributed by atoms with van der Waals surface area (Å²) in [6, 6.07) is 10.1. The second-order valence-electron chi connectivity index (χ2n) is 6.69. The van der Waals surface area contributed by atoms with E-state index in [0.717, 1.165) is 18.7 Å². The highest BCUT2D eigenvalue weighted by atomic mass is 35.5. The molecule has 1 aromatic carbocycles. The summed E-state index contributed by atoms with van der Waals surface area (Å²) in [5.41, 5.74) is 1.42. The van der Waals surface area contributed by atoms with Crippen LogP contribution in [0.2, 0.25) is 0 Å². The number of amides is 1. The standard InChI is InChI=1S/C19H21FN4O.2ClH/c1-21-18-15(6-3-7-23-18)19(25)24-11-13-9-22-10-16(13)17(24)12-4-2-5-14(20)8-12;;/h2-8,13,16-17,22H,9-11H2,1H3,(H,21,23);2*1H/t13-,16-,17+;;/m0../s1. The first-order chi connectivity index (χ1) is 12.2. The van der Waals surface area contributed by atoms with E-state index in [2.05, 4.69) is 15.6 Å². The molecule has 0 radical (unpaired) electrons. The zero-order chi connectivity index (χ0) is 17.4. The molecule has 2 fully saturated rings. The Labute approximate surface area is 170 Å². The van der Waals surface area contributed by atoms with Gasteiger partial charge in [0.25, 0.3) is 5.91 Å². The van der Waals surface area contributed by atoms with E-state index in [1.807, 2.05) is 11.0 Å². The number of fused-ring (bicyclic) bond motifs is 1. The summed E-state index contributed by atoms with van der Waals surface area (Å²) in [5, 5.41) is 6.39. The molecule has 2 aromatic rings. The number of nitrogens with zero attached hydrogens (tertiary/aromatic N) is 2. The third-order valence-corrected chi connectivity index (χ3v) is 5.29. The predicted molar refractivity (Wildman–Crippen MR) is 108 cm³/mol. The molecule has 0 unspecified atom stereocenters. The Balaban J connectivity index is 0.00000131. The van der Waals surface area contributed by atoms with Crippen LogP contribution in [0.5, 0.6) is 0 Å². The van der Waals surface area contributed by atoms with Crippen molar-refractivity contribution in [2.75, 3.05) is 32.0 Å². The number of nitrogens with one attached hydrogen (secondary N) is 2. The summed E-state index contributed by atoms with van der Waals surface area (Å²) in [4.78, 5) is 19.4. The van der Waals surface area contributed by atoms with Crippen LogP contribution in [-0.2, 0) is 0 Å². The van der Waals surface area contributed by atoms with Crippen LogP contribution in [0.1, 0.15) is 22.0 Å². The third-order valence-electron chi connectivity index (χ3n) is 5.29. The Morgan fingerprint density at radius 2 is 2.07 bits per heavy atom. The van der Waals surface area contributed by atoms with Crippen LogP contribution in [0.15, 0.2) is 42.6 Å². The first-order valence-electron chi connectivity index (χ1n) is 8.59. The van der Waals surface area contributed by atoms with Crippen molar-refractivity contribution in [2.24, 2.45) is 11.8 Å². The molecular formula is C19H23Cl2FN4O. The predicted octanol–water partition coefficient (Wildman–Crippen LogP) is 3.14. The van der Waals surface area contributed by atoms with Crippen molar-refractivity contribution < 1.29 is 9.18 Å². The zero-order valence-electron chi connectivity index (χ0n) is 14.9. The summed E-state index contributed by atoms with van der Waals surface area (Å²) < 4.78 is 13.8. The van der Waals surface area contributed by atoms with Crippen LogP contribution < -0.4 is 10.6 Å². The fourth-order valence-corrected chi connectivity index (χ4v) is 4.18. The Morgan fingerprint density at radius 1 is 1.26 bits per heavy atom. The molecule has 2 aliphatic heterocycles. The van der Waals surface area contributed by atoms with Crippen molar-refractivity contribution >= 4 is 36.5 Å². The molecule has 2 N–H and O–H groups in total. The van der Waals surface area contributed by atoms with Gasteiger partial charge in [0, 0.05) is 38.8 Å². The molecule has 27 heavy (non-hydrogen) atoms. The van der Waals surface area contributed by atoms with Crippen molar-refractivity contribution in [3.8, 4) is 0 Å². The lowest BCUT2D eigenvalue weighted by molar-refractivity contribution is 0.0714. The van der Waals surface area contributed by atoms with Crippen molar-refractivity contribution in [3.05, 3.63) is 59.5 Å².